The van der Waals surface area contributed by atoms with Gasteiger partial charge in [0.1, 0.15) is 0 Å². The summed E-state index contributed by atoms with van der Waals surface area (Å²) in [7, 11) is 0. The first kappa shape index (κ1) is 20.1. The summed E-state index contributed by atoms with van der Waals surface area (Å²) < 4.78 is 5.09. The minimum atomic E-state index is -2.72. The normalized spacial score (nSPS) is 11.3. The van der Waals surface area contributed by atoms with E-state index in [1.165, 1.54) is 38.8 Å². The second-order valence-corrected chi connectivity index (χ2v) is 19.0. The first-order valence-corrected chi connectivity index (χ1v) is 17.4. The zero-order valence-electron chi connectivity index (χ0n) is 16.9. The molecule has 0 nitrogen and oxygen atoms in total. The van der Waals surface area contributed by atoms with Crippen LogP contribution >= 0.6 is 0 Å². The van der Waals surface area contributed by atoms with Crippen molar-refractivity contribution in [2.24, 2.45) is 0 Å². The number of hydrogen-bond acceptors (Lipinski definition) is 0. The van der Waals surface area contributed by atoms with Crippen LogP contribution in [0.2, 0.25) is 0 Å². The predicted molar refractivity (Wildman–Crippen MR) is 121 cm³/mol. The molecule has 0 amide bonds. The molecule has 0 heterocycles. The molecule has 4 aromatic carbocycles. The van der Waals surface area contributed by atoms with Crippen LogP contribution in [0, 0.1) is 0 Å². The Hall–Kier alpha value is -2.24. The Labute approximate surface area is 179 Å². The Balaban J connectivity index is 1.75. The van der Waals surface area contributed by atoms with Crippen LogP contribution < -0.4 is 0 Å². The third-order valence-corrected chi connectivity index (χ3v) is 17.1. The van der Waals surface area contributed by atoms with Crippen LogP contribution in [0.4, 0.5) is 0 Å². The van der Waals surface area contributed by atoms with E-state index < -0.39 is 20.3 Å². The fourth-order valence-corrected chi connectivity index (χ4v) is 17.2. The topological polar surface area (TPSA) is 0 Å². The van der Waals surface area contributed by atoms with Gasteiger partial charge in [0.15, 0.2) is 0 Å². The minimum absolute atomic E-state index is 1.27. The van der Waals surface area contributed by atoms with Crippen molar-refractivity contribution in [2.75, 3.05) is 0 Å². The molecule has 0 aliphatic carbocycles. The van der Waals surface area contributed by atoms with Crippen LogP contribution in [0.25, 0.3) is 0 Å². The first-order chi connectivity index (χ1) is 14.3. The number of hydrogen-bond donors (Lipinski definition) is 0. The van der Waals surface area contributed by atoms with Gasteiger partial charge in [-0.1, -0.05) is 0 Å². The average Bonchev–Trinajstić information content (AvgIpc) is 2.76. The average molecular weight is 456 g/mol. The van der Waals surface area contributed by atoms with Crippen LogP contribution in [0.5, 0.6) is 0 Å². The van der Waals surface area contributed by atoms with Crippen molar-refractivity contribution >= 4 is 0 Å². The second kappa shape index (κ2) is 9.99. The molecular weight excluding hydrogens is 428 g/mol. The first-order valence-electron chi connectivity index (χ1n) is 10.5. The monoisotopic (exact) mass is 454 g/mol. The Bertz CT molecular complexity index is 808. The Morgan fingerprint density at radius 1 is 0.310 bits per heavy atom. The van der Waals surface area contributed by atoms with Gasteiger partial charge >= 0.3 is 180 Å². The molecule has 0 unspecified atom stereocenters. The van der Waals surface area contributed by atoms with E-state index >= 15 is 0 Å². The van der Waals surface area contributed by atoms with Crippen LogP contribution in [0.15, 0.2) is 121 Å². The van der Waals surface area contributed by atoms with E-state index in [1.54, 1.807) is 0 Å². The van der Waals surface area contributed by atoms with Crippen LogP contribution in [0.1, 0.15) is 22.3 Å². The summed E-state index contributed by atoms with van der Waals surface area (Å²) in [5, 5.41) is 0. The van der Waals surface area contributed by atoms with Gasteiger partial charge in [0, 0.05) is 0 Å². The van der Waals surface area contributed by atoms with Gasteiger partial charge in [0.05, 0.1) is 0 Å². The molecule has 4 rings (SSSR count). The molecule has 144 valence electrons. The van der Waals surface area contributed by atoms with Crippen molar-refractivity contribution in [2.45, 2.75) is 16.5 Å². The van der Waals surface area contributed by atoms with Crippen LogP contribution in [-0.4, -0.2) is 0 Å². The molecule has 0 saturated heterocycles. The van der Waals surface area contributed by atoms with Gasteiger partial charge in [-0.15, -0.1) is 0 Å². The van der Waals surface area contributed by atoms with Gasteiger partial charge in [-0.2, -0.15) is 0 Å². The summed E-state index contributed by atoms with van der Waals surface area (Å²) in [6.07, 6.45) is 0. The van der Waals surface area contributed by atoms with Crippen LogP contribution in [0.3, 0.4) is 0 Å². The molecule has 0 N–H and O–H groups in total. The zero-order valence-corrected chi connectivity index (χ0v) is 19.3. The summed E-state index contributed by atoms with van der Waals surface area (Å²) in [5.74, 6) is 0. The molecule has 0 radical (unpaired) electrons. The third kappa shape index (κ3) is 5.87. The summed E-state index contributed by atoms with van der Waals surface area (Å²) in [6.45, 7) is 0. The summed E-state index contributed by atoms with van der Waals surface area (Å²) in [6, 6.07) is 44.7. The molecule has 0 atom stereocenters. The van der Waals surface area contributed by atoms with Crippen molar-refractivity contribution in [3.63, 3.8) is 0 Å². The maximum atomic E-state index is 2.33. The molecule has 1 heteroatoms. The number of benzene rings is 4. The summed E-state index contributed by atoms with van der Waals surface area (Å²) >= 11 is -2.72. The van der Waals surface area contributed by atoms with Gasteiger partial charge in [0.2, 0.25) is 0 Å². The van der Waals surface area contributed by atoms with E-state index in [0.717, 1.165) is 0 Å². The fourth-order valence-electron chi connectivity index (χ4n) is 4.49. The summed E-state index contributed by atoms with van der Waals surface area (Å²) in [4.78, 5) is 0. The Kier molecular flexibility index (Phi) is 6.91. The van der Waals surface area contributed by atoms with Crippen LogP contribution in [-0.2, 0) is 36.8 Å². The van der Waals surface area contributed by atoms with Gasteiger partial charge in [-0.05, 0) is 0 Å². The third-order valence-electron chi connectivity index (χ3n) is 5.69. The predicted octanol–water partition coefficient (Wildman–Crippen LogP) is 6.94. The van der Waals surface area contributed by atoms with E-state index in [0.29, 0.717) is 0 Å². The molecule has 0 bridgehead atoms. The van der Waals surface area contributed by atoms with Crippen molar-refractivity contribution in [3.05, 3.63) is 144 Å². The van der Waals surface area contributed by atoms with E-state index in [-0.39, 0.29) is 0 Å². The van der Waals surface area contributed by atoms with Gasteiger partial charge in [0.25, 0.3) is 0 Å². The SMILES string of the molecule is c1ccc([CH2][Zr]([CH2]c2ccccc2)([CH2]c2ccccc2)[CH2]c2ccccc2)cc1. The molecule has 0 aromatic heterocycles. The Morgan fingerprint density at radius 2 is 0.517 bits per heavy atom. The van der Waals surface area contributed by atoms with Crippen molar-refractivity contribution in [1.29, 1.82) is 0 Å². The standard InChI is InChI=1S/4C7H7.Zr/c4*1-7-5-3-2-4-6-7;/h4*2-6H,1H2;. The number of rotatable bonds is 8. The van der Waals surface area contributed by atoms with Gasteiger partial charge in [-0.3, -0.25) is 0 Å². The quantitative estimate of drug-likeness (QED) is 0.270. The van der Waals surface area contributed by atoms with E-state index in [9.17, 15) is 0 Å². The Morgan fingerprint density at radius 3 is 0.724 bits per heavy atom. The molecule has 0 saturated carbocycles. The maximum absolute atomic E-state index is 2.72. The molecular formula is C28H28Zr. The fraction of sp³-hybridized carbons (Fsp3) is 0.143. The molecule has 29 heavy (non-hydrogen) atoms. The molecule has 0 spiro atoms. The van der Waals surface area contributed by atoms with Crippen molar-refractivity contribution < 1.29 is 20.3 Å². The second-order valence-electron chi connectivity index (χ2n) is 8.15. The van der Waals surface area contributed by atoms with E-state index in [2.05, 4.69) is 121 Å². The zero-order chi connectivity index (χ0) is 19.8. The van der Waals surface area contributed by atoms with E-state index in [1.807, 2.05) is 0 Å². The molecule has 0 aliphatic heterocycles. The van der Waals surface area contributed by atoms with Gasteiger partial charge in [-0.25, -0.2) is 0 Å². The van der Waals surface area contributed by atoms with Crippen molar-refractivity contribution in [3.8, 4) is 0 Å². The van der Waals surface area contributed by atoms with Crippen molar-refractivity contribution in [1.82, 2.24) is 0 Å². The van der Waals surface area contributed by atoms with Gasteiger partial charge < -0.3 is 0 Å². The van der Waals surface area contributed by atoms with E-state index in [4.69, 9.17) is 0 Å². The summed E-state index contributed by atoms with van der Waals surface area (Å²) in [5.41, 5.74) is 6.02. The molecule has 0 aliphatic rings. The molecule has 4 aromatic rings. The molecule has 0 fully saturated rings.